The van der Waals surface area contributed by atoms with E-state index in [1.54, 1.807) is 29.6 Å². The van der Waals surface area contributed by atoms with E-state index in [0.717, 1.165) is 16.9 Å². The number of carboxylic acid groups (broad SMARTS) is 1. The maximum Gasteiger partial charge on any atom is 0.339 e. The minimum Gasteiger partial charge on any atom is -0.478 e. The van der Waals surface area contributed by atoms with Crippen LogP contribution in [0.5, 0.6) is 0 Å². The molecule has 0 bridgehead atoms. The molecule has 0 aliphatic heterocycles. The molecule has 0 saturated heterocycles. The van der Waals surface area contributed by atoms with Gasteiger partial charge in [0.2, 0.25) is 11.8 Å². The third-order valence-electron chi connectivity index (χ3n) is 5.01. The van der Waals surface area contributed by atoms with Crippen molar-refractivity contribution in [2.24, 2.45) is 0 Å². The summed E-state index contributed by atoms with van der Waals surface area (Å²) in [5, 5.41) is 17.0. The van der Waals surface area contributed by atoms with Crippen molar-refractivity contribution >= 4 is 45.8 Å². The van der Waals surface area contributed by atoms with Gasteiger partial charge in [0.25, 0.3) is 0 Å². The van der Waals surface area contributed by atoms with Gasteiger partial charge in [-0.1, -0.05) is 42.5 Å². The lowest BCUT2D eigenvalue weighted by Gasteiger charge is -2.09. The number of hydrogen-bond acceptors (Lipinski definition) is 6. The van der Waals surface area contributed by atoms with Crippen molar-refractivity contribution in [2.75, 3.05) is 17.7 Å². The number of aromatic carboxylic acids is 1. The normalized spacial score (nSPS) is 10.4. The first kappa shape index (κ1) is 24.7. The number of methoxy groups -OCH3 is 1. The SMILES string of the molecule is COC(=O)c1ccccc1NC(=O)CCCCC(=O)Nc1scc(-c2ccccc2)c1C(=O)O. The van der Waals surface area contributed by atoms with E-state index in [9.17, 15) is 24.3 Å². The average Bonchev–Trinajstić information content (AvgIpc) is 3.26. The third-order valence-corrected chi connectivity index (χ3v) is 5.90. The van der Waals surface area contributed by atoms with E-state index in [0.29, 0.717) is 24.1 Å². The first-order chi connectivity index (χ1) is 16.4. The lowest BCUT2D eigenvalue weighted by atomic mass is 10.0. The van der Waals surface area contributed by atoms with Crippen LogP contribution in [0.3, 0.4) is 0 Å². The van der Waals surface area contributed by atoms with Crippen LogP contribution in [0.2, 0.25) is 0 Å². The maximum absolute atomic E-state index is 12.4. The van der Waals surface area contributed by atoms with Gasteiger partial charge in [-0.15, -0.1) is 11.3 Å². The van der Waals surface area contributed by atoms with Gasteiger partial charge in [0, 0.05) is 23.8 Å². The fourth-order valence-electron chi connectivity index (χ4n) is 3.35. The summed E-state index contributed by atoms with van der Waals surface area (Å²) in [6, 6.07) is 15.7. The van der Waals surface area contributed by atoms with Crippen molar-refractivity contribution in [3.8, 4) is 11.1 Å². The lowest BCUT2D eigenvalue weighted by Crippen LogP contribution is -2.16. The number of hydrogen-bond donors (Lipinski definition) is 3. The molecule has 8 nitrogen and oxygen atoms in total. The minimum absolute atomic E-state index is 0.0631. The number of nitrogens with one attached hydrogen (secondary N) is 2. The number of carbonyl (C=O) groups excluding carboxylic acids is 3. The van der Waals surface area contributed by atoms with Crippen LogP contribution < -0.4 is 10.6 Å². The fraction of sp³-hybridized carbons (Fsp3) is 0.200. The van der Waals surface area contributed by atoms with E-state index in [2.05, 4.69) is 10.6 Å². The molecule has 34 heavy (non-hydrogen) atoms. The van der Waals surface area contributed by atoms with Crippen LogP contribution in [-0.2, 0) is 14.3 Å². The van der Waals surface area contributed by atoms with Gasteiger partial charge in [-0.05, 0) is 30.5 Å². The van der Waals surface area contributed by atoms with Crippen LogP contribution in [0.15, 0.2) is 60.0 Å². The Morgan fingerprint density at radius 3 is 2.15 bits per heavy atom. The number of anilines is 2. The zero-order valence-electron chi connectivity index (χ0n) is 18.5. The average molecular weight is 481 g/mol. The molecular weight excluding hydrogens is 456 g/mol. The number of unbranched alkanes of at least 4 members (excludes halogenated alkanes) is 1. The summed E-state index contributed by atoms with van der Waals surface area (Å²) in [7, 11) is 1.27. The van der Waals surface area contributed by atoms with Crippen LogP contribution in [0.1, 0.15) is 46.4 Å². The van der Waals surface area contributed by atoms with Crippen LogP contribution in [0.4, 0.5) is 10.7 Å². The molecule has 3 N–H and O–H groups in total. The smallest absolute Gasteiger partial charge is 0.339 e. The molecule has 0 saturated carbocycles. The Bertz CT molecular complexity index is 1190. The van der Waals surface area contributed by atoms with E-state index in [4.69, 9.17) is 4.74 Å². The van der Waals surface area contributed by atoms with Crippen LogP contribution in [0.25, 0.3) is 11.1 Å². The number of thiophene rings is 1. The Morgan fingerprint density at radius 1 is 0.882 bits per heavy atom. The molecule has 3 aromatic rings. The quantitative estimate of drug-likeness (QED) is 0.276. The highest BCUT2D eigenvalue weighted by Crippen LogP contribution is 2.35. The molecule has 0 aliphatic carbocycles. The van der Waals surface area contributed by atoms with E-state index in [1.807, 2.05) is 30.3 Å². The predicted octanol–water partition coefficient (Wildman–Crippen LogP) is 5.04. The van der Waals surface area contributed by atoms with Gasteiger partial charge in [-0.2, -0.15) is 0 Å². The second kappa shape index (κ2) is 11.8. The van der Waals surface area contributed by atoms with Gasteiger partial charge in [-0.3, -0.25) is 9.59 Å². The summed E-state index contributed by atoms with van der Waals surface area (Å²) < 4.78 is 4.71. The van der Waals surface area contributed by atoms with Crippen molar-refractivity contribution in [3.63, 3.8) is 0 Å². The van der Waals surface area contributed by atoms with Crippen molar-refractivity contribution in [3.05, 3.63) is 71.1 Å². The number of para-hydroxylation sites is 1. The Kier molecular flexibility index (Phi) is 8.53. The van der Waals surface area contributed by atoms with Gasteiger partial charge in [-0.25, -0.2) is 9.59 Å². The summed E-state index contributed by atoms with van der Waals surface area (Å²) >= 11 is 1.16. The van der Waals surface area contributed by atoms with Crippen molar-refractivity contribution < 1.29 is 29.0 Å². The molecule has 9 heteroatoms. The Morgan fingerprint density at radius 2 is 1.50 bits per heavy atom. The summed E-state index contributed by atoms with van der Waals surface area (Å²) in [5.74, 6) is -2.26. The summed E-state index contributed by atoms with van der Waals surface area (Å²) in [4.78, 5) is 48.2. The molecule has 0 atom stereocenters. The van der Waals surface area contributed by atoms with E-state index >= 15 is 0 Å². The number of carboxylic acids is 1. The second-order valence-electron chi connectivity index (χ2n) is 7.37. The molecule has 0 unspecified atom stereocenters. The van der Waals surface area contributed by atoms with Gasteiger partial charge >= 0.3 is 11.9 Å². The van der Waals surface area contributed by atoms with Crippen molar-refractivity contribution in [2.45, 2.75) is 25.7 Å². The Labute approximate surface area is 200 Å². The molecule has 0 spiro atoms. The largest absolute Gasteiger partial charge is 0.478 e. The van der Waals surface area contributed by atoms with E-state index in [-0.39, 0.29) is 40.8 Å². The molecule has 0 aliphatic rings. The zero-order chi connectivity index (χ0) is 24.5. The molecule has 1 heterocycles. The first-order valence-electron chi connectivity index (χ1n) is 10.6. The molecular formula is C25H24N2O6S. The molecule has 0 fully saturated rings. The minimum atomic E-state index is -1.11. The summed E-state index contributed by atoms with van der Waals surface area (Å²) in [6.07, 6.45) is 1.20. The summed E-state index contributed by atoms with van der Waals surface area (Å²) in [5.41, 5.74) is 2.00. The number of esters is 1. The van der Waals surface area contributed by atoms with Crippen LogP contribution in [0, 0.1) is 0 Å². The van der Waals surface area contributed by atoms with Crippen molar-refractivity contribution in [1.82, 2.24) is 0 Å². The molecule has 1 aromatic heterocycles. The van der Waals surface area contributed by atoms with E-state index in [1.165, 1.54) is 7.11 Å². The fourth-order valence-corrected chi connectivity index (χ4v) is 4.32. The molecule has 3 rings (SSSR count). The van der Waals surface area contributed by atoms with Crippen LogP contribution in [-0.4, -0.2) is 36.0 Å². The third kappa shape index (κ3) is 6.29. The highest BCUT2D eigenvalue weighted by Gasteiger charge is 2.21. The molecule has 2 aromatic carbocycles. The Hall–Kier alpha value is -3.98. The number of amides is 2. The zero-order valence-corrected chi connectivity index (χ0v) is 19.3. The van der Waals surface area contributed by atoms with Gasteiger partial charge in [0.1, 0.15) is 10.6 Å². The highest BCUT2D eigenvalue weighted by atomic mass is 32.1. The van der Waals surface area contributed by atoms with Gasteiger partial charge in [0.15, 0.2) is 0 Å². The number of benzene rings is 2. The molecule has 176 valence electrons. The first-order valence-corrected chi connectivity index (χ1v) is 11.5. The Balaban J connectivity index is 1.50. The highest BCUT2D eigenvalue weighted by molar-refractivity contribution is 7.15. The topological polar surface area (TPSA) is 122 Å². The summed E-state index contributed by atoms with van der Waals surface area (Å²) in [6.45, 7) is 0. The number of rotatable bonds is 10. The number of ether oxygens (including phenoxy) is 1. The number of carbonyl (C=O) groups is 4. The lowest BCUT2D eigenvalue weighted by molar-refractivity contribution is -0.118. The van der Waals surface area contributed by atoms with E-state index < -0.39 is 11.9 Å². The molecule has 0 radical (unpaired) electrons. The van der Waals surface area contributed by atoms with Gasteiger partial charge < -0.3 is 20.5 Å². The van der Waals surface area contributed by atoms with Gasteiger partial charge in [0.05, 0.1) is 18.4 Å². The standard InChI is InChI=1S/C25H24N2O6S/c1-33-25(32)17-11-5-6-12-19(17)26-20(28)13-7-8-14-21(29)27-23-22(24(30)31)18(15-34-23)16-9-3-2-4-10-16/h2-6,9-12,15H,7-8,13-14H2,1H3,(H,26,28)(H,27,29)(H,30,31). The maximum atomic E-state index is 12.4. The van der Waals surface area contributed by atoms with Crippen molar-refractivity contribution in [1.29, 1.82) is 0 Å². The molecule has 2 amide bonds. The predicted molar refractivity (Wildman–Crippen MR) is 130 cm³/mol. The van der Waals surface area contributed by atoms with Crippen LogP contribution >= 0.6 is 11.3 Å². The second-order valence-corrected chi connectivity index (χ2v) is 8.24. The monoisotopic (exact) mass is 480 g/mol.